The third kappa shape index (κ3) is 3.20. The van der Waals surface area contributed by atoms with Gasteiger partial charge in [0, 0.05) is 5.92 Å². The van der Waals surface area contributed by atoms with Gasteiger partial charge in [-0.1, -0.05) is 12.1 Å². The summed E-state index contributed by atoms with van der Waals surface area (Å²) in [4.78, 5) is 12.2. The predicted molar refractivity (Wildman–Crippen MR) is 84.1 cm³/mol. The smallest absolute Gasteiger partial charge is 0.223 e. The van der Waals surface area contributed by atoms with E-state index in [0.717, 1.165) is 17.5 Å². The molecule has 3 atom stereocenters. The summed E-state index contributed by atoms with van der Waals surface area (Å²) in [6, 6.07) is 8.25. The molecule has 1 amide bonds. The van der Waals surface area contributed by atoms with Gasteiger partial charge in [-0.2, -0.15) is 11.3 Å². The van der Waals surface area contributed by atoms with Gasteiger partial charge in [-0.05, 0) is 59.3 Å². The lowest BCUT2D eigenvalue weighted by Crippen LogP contribution is -2.39. The fraction of sp³-hybridized carbons (Fsp3) is 0.353. The minimum absolute atomic E-state index is 0.0789. The Labute approximate surface area is 132 Å². The molecular weight excluding hydrogens is 301 g/mol. The molecule has 1 aromatic heterocycles. The Kier molecular flexibility index (Phi) is 4.02. The van der Waals surface area contributed by atoms with E-state index >= 15 is 0 Å². The summed E-state index contributed by atoms with van der Waals surface area (Å²) >= 11 is 1.51. The van der Waals surface area contributed by atoms with E-state index in [9.17, 15) is 14.3 Å². The lowest BCUT2D eigenvalue weighted by atomic mass is 9.99. The van der Waals surface area contributed by atoms with Crippen LogP contribution in [0.25, 0.3) is 0 Å². The largest absolute Gasteiger partial charge is 0.384 e. The molecule has 0 aliphatic heterocycles. The zero-order chi connectivity index (χ0) is 15.7. The number of aliphatic hydroxyl groups is 1. The maximum absolute atomic E-state index is 13.2. The molecule has 116 valence electrons. The molecule has 2 aromatic rings. The molecule has 1 heterocycles. The Morgan fingerprint density at radius 2 is 2.32 bits per heavy atom. The first-order valence-electron chi connectivity index (χ1n) is 7.25. The summed E-state index contributed by atoms with van der Waals surface area (Å²) in [5.41, 5.74) is 0.596. The average Bonchev–Trinajstić information content (AvgIpc) is 3.09. The van der Waals surface area contributed by atoms with Crippen molar-refractivity contribution in [2.24, 2.45) is 5.92 Å². The van der Waals surface area contributed by atoms with E-state index < -0.39 is 5.60 Å². The molecule has 1 aliphatic carbocycles. The maximum atomic E-state index is 13.2. The molecule has 3 rings (SSSR count). The number of hydrogen-bond donors (Lipinski definition) is 2. The molecule has 0 bridgehead atoms. The molecule has 3 nitrogen and oxygen atoms in total. The van der Waals surface area contributed by atoms with Gasteiger partial charge in [0.15, 0.2) is 0 Å². The Morgan fingerprint density at radius 1 is 1.50 bits per heavy atom. The molecule has 0 radical (unpaired) electrons. The highest BCUT2D eigenvalue weighted by Crippen LogP contribution is 2.47. The average molecular weight is 319 g/mol. The van der Waals surface area contributed by atoms with Crippen LogP contribution in [-0.2, 0) is 10.4 Å². The van der Waals surface area contributed by atoms with Crippen molar-refractivity contribution >= 4 is 17.2 Å². The standard InChI is InChI=1S/C17H18FNO2S/c1-17(21,12-5-6-22-9-12)10-19-16(20)15-8-14(15)11-3-2-4-13(18)7-11/h2-7,9,14-15,21H,8,10H2,1H3,(H,19,20). The van der Waals surface area contributed by atoms with E-state index in [0.29, 0.717) is 0 Å². The monoisotopic (exact) mass is 319 g/mol. The van der Waals surface area contributed by atoms with E-state index in [2.05, 4.69) is 5.32 Å². The third-order valence-corrected chi connectivity index (χ3v) is 4.84. The highest BCUT2D eigenvalue weighted by molar-refractivity contribution is 7.08. The van der Waals surface area contributed by atoms with Gasteiger partial charge < -0.3 is 10.4 Å². The lowest BCUT2D eigenvalue weighted by Gasteiger charge is -2.22. The van der Waals surface area contributed by atoms with Crippen LogP contribution in [0.1, 0.15) is 30.4 Å². The fourth-order valence-electron chi connectivity index (χ4n) is 2.65. The van der Waals surface area contributed by atoms with Crippen LogP contribution in [-0.4, -0.2) is 17.6 Å². The molecule has 1 aliphatic rings. The van der Waals surface area contributed by atoms with E-state index in [1.165, 1.54) is 23.5 Å². The number of benzene rings is 1. The van der Waals surface area contributed by atoms with Crippen LogP contribution < -0.4 is 5.32 Å². The van der Waals surface area contributed by atoms with Crippen molar-refractivity contribution in [2.75, 3.05) is 6.54 Å². The molecule has 5 heteroatoms. The van der Waals surface area contributed by atoms with Crippen LogP contribution in [0.4, 0.5) is 4.39 Å². The number of carbonyl (C=O) groups is 1. The first-order valence-corrected chi connectivity index (χ1v) is 8.20. The molecule has 2 N–H and O–H groups in total. The Hall–Kier alpha value is -1.72. The fourth-order valence-corrected chi connectivity index (χ4v) is 3.44. The quantitative estimate of drug-likeness (QED) is 0.890. The molecule has 0 spiro atoms. The van der Waals surface area contributed by atoms with Gasteiger partial charge in [-0.25, -0.2) is 4.39 Å². The van der Waals surface area contributed by atoms with Gasteiger partial charge in [-0.3, -0.25) is 4.79 Å². The summed E-state index contributed by atoms with van der Waals surface area (Å²) in [5.74, 6) is -0.393. The summed E-state index contributed by atoms with van der Waals surface area (Å²) < 4.78 is 13.2. The Bertz CT molecular complexity index is 669. The van der Waals surface area contributed by atoms with E-state index in [-0.39, 0.29) is 30.1 Å². The Morgan fingerprint density at radius 3 is 3.00 bits per heavy atom. The lowest BCUT2D eigenvalue weighted by molar-refractivity contribution is -0.123. The van der Waals surface area contributed by atoms with Gasteiger partial charge in [0.2, 0.25) is 5.91 Å². The zero-order valence-electron chi connectivity index (χ0n) is 12.3. The second-order valence-electron chi connectivity index (χ2n) is 6.01. The number of nitrogens with one attached hydrogen (secondary N) is 1. The maximum Gasteiger partial charge on any atom is 0.223 e. The predicted octanol–water partition coefficient (Wildman–Crippen LogP) is 3.01. The highest BCUT2D eigenvalue weighted by atomic mass is 32.1. The van der Waals surface area contributed by atoms with Crippen LogP contribution in [0.15, 0.2) is 41.1 Å². The van der Waals surface area contributed by atoms with Crippen LogP contribution in [0.3, 0.4) is 0 Å². The van der Waals surface area contributed by atoms with Gasteiger partial charge >= 0.3 is 0 Å². The number of carbonyl (C=O) groups excluding carboxylic acids is 1. The molecule has 1 aromatic carbocycles. The summed E-state index contributed by atoms with van der Waals surface area (Å²) in [5, 5.41) is 17.0. The van der Waals surface area contributed by atoms with Crippen molar-refractivity contribution in [2.45, 2.75) is 24.9 Å². The van der Waals surface area contributed by atoms with Crippen LogP contribution >= 0.6 is 11.3 Å². The topological polar surface area (TPSA) is 49.3 Å². The molecule has 1 fully saturated rings. The molecule has 1 saturated carbocycles. The molecular formula is C17H18FNO2S. The number of hydrogen-bond acceptors (Lipinski definition) is 3. The third-order valence-electron chi connectivity index (χ3n) is 4.15. The van der Waals surface area contributed by atoms with Crippen molar-refractivity contribution in [1.29, 1.82) is 0 Å². The van der Waals surface area contributed by atoms with Crippen molar-refractivity contribution < 1.29 is 14.3 Å². The molecule has 22 heavy (non-hydrogen) atoms. The van der Waals surface area contributed by atoms with Gasteiger partial charge in [0.25, 0.3) is 0 Å². The minimum atomic E-state index is -1.07. The first kappa shape index (κ1) is 15.2. The number of halogens is 1. The van der Waals surface area contributed by atoms with E-state index in [1.807, 2.05) is 22.9 Å². The normalized spacial score (nSPS) is 22.9. The van der Waals surface area contributed by atoms with Crippen LogP contribution in [0.5, 0.6) is 0 Å². The summed E-state index contributed by atoms with van der Waals surface area (Å²) in [6.45, 7) is 1.86. The van der Waals surface area contributed by atoms with Crippen molar-refractivity contribution in [3.05, 3.63) is 58.0 Å². The number of thiophene rings is 1. The number of rotatable bonds is 5. The second kappa shape index (κ2) is 5.82. The van der Waals surface area contributed by atoms with E-state index in [4.69, 9.17) is 0 Å². The van der Waals surface area contributed by atoms with Crippen LogP contribution in [0, 0.1) is 11.7 Å². The highest BCUT2D eigenvalue weighted by Gasteiger charge is 2.44. The Balaban J connectivity index is 1.56. The van der Waals surface area contributed by atoms with Gasteiger partial charge in [-0.15, -0.1) is 0 Å². The second-order valence-corrected chi connectivity index (χ2v) is 6.79. The van der Waals surface area contributed by atoms with Gasteiger partial charge in [0.05, 0.1) is 6.54 Å². The van der Waals surface area contributed by atoms with Crippen molar-refractivity contribution in [3.8, 4) is 0 Å². The van der Waals surface area contributed by atoms with Crippen LogP contribution in [0.2, 0.25) is 0 Å². The van der Waals surface area contributed by atoms with Crippen molar-refractivity contribution in [1.82, 2.24) is 5.32 Å². The summed E-state index contributed by atoms with van der Waals surface area (Å²) in [7, 11) is 0. The molecule has 0 saturated heterocycles. The number of amides is 1. The van der Waals surface area contributed by atoms with Crippen molar-refractivity contribution in [3.63, 3.8) is 0 Å². The first-order chi connectivity index (χ1) is 10.5. The summed E-state index contributed by atoms with van der Waals surface area (Å²) in [6.07, 6.45) is 0.732. The SMILES string of the molecule is CC(O)(CNC(=O)C1CC1c1cccc(F)c1)c1ccsc1. The van der Waals surface area contributed by atoms with Gasteiger partial charge in [0.1, 0.15) is 11.4 Å². The van der Waals surface area contributed by atoms with E-state index in [1.54, 1.807) is 13.0 Å². The minimum Gasteiger partial charge on any atom is -0.384 e. The molecule has 3 unspecified atom stereocenters. The zero-order valence-corrected chi connectivity index (χ0v) is 13.1.